The van der Waals surface area contributed by atoms with E-state index in [0.29, 0.717) is 26.2 Å². The second-order valence-corrected chi connectivity index (χ2v) is 7.42. The number of amides is 4. The number of carbonyl (C=O) groups is 4. The van der Waals surface area contributed by atoms with Crippen LogP contribution in [-0.4, -0.2) is 35.1 Å². The van der Waals surface area contributed by atoms with Gasteiger partial charge in [0.15, 0.2) is 0 Å². The molecule has 2 aromatic carbocycles. The molecule has 0 bridgehead atoms. The number of halogens is 2. The Labute approximate surface area is 174 Å². The summed E-state index contributed by atoms with van der Waals surface area (Å²) in [6.45, 7) is 0.111. The molecule has 0 atom stereocenters. The van der Waals surface area contributed by atoms with Crippen molar-refractivity contribution in [3.8, 4) is 0 Å². The van der Waals surface area contributed by atoms with Crippen molar-refractivity contribution in [3.05, 3.63) is 68.7 Å². The highest BCUT2D eigenvalue weighted by Gasteiger charge is 2.35. The van der Waals surface area contributed by atoms with E-state index in [2.05, 4.69) is 26.8 Å². The lowest BCUT2D eigenvalue weighted by Crippen LogP contribution is -2.42. The number of rotatable bonds is 5. The molecule has 3 rings (SSSR count). The van der Waals surface area contributed by atoms with Gasteiger partial charge in [-0.15, -0.1) is 0 Å². The molecular weight excluding hydrogens is 450 g/mol. The second-order valence-electron chi connectivity index (χ2n) is 6.07. The van der Waals surface area contributed by atoms with E-state index in [1.165, 1.54) is 6.07 Å². The number of imide groups is 1. The van der Waals surface area contributed by atoms with Gasteiger partial charge in [-0.1, -0.05) is 33.6 Å². The molecule has 9 heteroatoms. The Morgan fingerprint density at radius 3 is 2.50 bits per heavy atom. The Morgan fingerprint density at radius 1 is 1.00 bits per heavy atom. The minimum atomic E-state index is -0.498. The van der Waals surface area contributed by atoms with Gasteiger partial charge in [0.2, 0.25) is 5.91 Å². The van der Waals surface area contributed by atoms with Crippen molar-refractivity contribution in [3.63, 3.8) is 0 Å². The van der Waals surface area contributed by atoms with Gasteiger partial charge >= 0.3 is 0 Å². The van der Waals surface area contributed by atoms with Crippen molar-refractivity contribution in [2.75, 3.05) is 6.54 Å². The van der Waals surface area contributed by atoms with E-state index in [0.717, 1.165) is 4.90 Å². The molecule has 2 aromatic rings. The molecule has 144 valence electrons. The van der Waals surface area contributed by atoms with Gasteiger partial charge in [-0.05, 0) is 42.8 Å². The first kappa shape index (κ1) is 20.0. The van der Waals surface area contributed by atoms with Gasteiger partial charge in [0.25, 0.3) is 17.7 Å². The summed E-state index contributed by atoms with van der Waals surface area (Å²) in [6.07, 6.45) is 0.304. The normalized spacial score (nSPS) is 12.7. The lowest BCUT2D eigenvalue weighted by Gasteiger charge is -2.13. The van der Waals surface area contributed by atoms with Gasteiger partial charge in [-0.3, -0.25) is 34.9 Å². The average molecular weight is 465 g/mol. The summed E-state index contributed by atoms with van der Waals surface area (Å²) in [5.74, 6) is -1.69. The molecule has 7 nitrogen and oxygen atoms in total. The van der Waals surface area contributed by atoms with Crippen LogP contribution in [0.1, 0.15) is 43.9 Å². The van der Waals surface area contributed by atoms with Crippen molar-refractivity contribution in [1.82, 2.24) is 15.8 Å². The number of hydrazine groups is 1. The van der Waals surface area contributed by atoms with Crippen molar-refractivity contribution in [2.24, 2.45) is 0 Å². The van der Waals surface area contributed by atoms with Crippen LogP contribution >= 0.6 is 27.5 Å². The molecule has 1 heterocycles. The maximum atomic E-state index is 12.4. The molecule has 28 heavy (non-hydrogen) atoms. The lowest BCUT2D eigenvalue weighted by atomic mass is 10.1. The summed E-state index contributed by atoms with van der Waals surface area (Å²) >= 11 is 9.10. The van der Waals surface area contributed by atoms with Crippen molar-refractivity contribution >= 4 is 51.2 Å². The third-order valence-electron chi connectivity index (χ3n) is 4.12. The summed E-state index contributed by atoms with van der Waals surface area (Å²) in [4.78, 5) is 49.6. The van der Waals surface area contributed by atoms with Crippen LogP contribution in [0, 0.1) is 0 Å². The van der Waals surface area contributed by atoms with Gasteiger partial charge in [-0.2, -0.15) is 0 Å². The van der Waals surface area contributed by atoms with Crippen LogP contribution in [0.5, 0.6) is 0 Å². The molecule has 2 N–H and O–H groups in total. The Balaban J connectivity index is 1.46. The Hall–Kier alpha value is -2.71. The number of nitrogens with zero attached hydrogens (tertiary/aromatic N) is 1. The van der Waals surface area contributed by atoms with E-state index in [1.54, 1.807) is 36.4 Å². The summed E-state index contributed by atoms with van der Waals surface area (Å²) in [7, 11) is 0. The van der Waals surface area contributed by atoms with Crippen molar-refractivity contribution in [1.29, 1.82) is 0 Å². The monoisotopic (exact) mass is 463 g/mol. The summed E-state index contributed by atoms with van der Waals surface area (Å²) in [5, 5.41) is 0.409. The lowest BCUT2D eigenvalue weighted by molar-refractivity contribution is -0.122. The highest BCUT2D eigenvalue weighted by Crippen LogP contribution is 2.26. The van der Waals surface area contributed by atoms with Crippen LogP contribution in [0.4, 0.5) is 0 Å². The highest BCUT2D eigenvalue weighted by atomic mass is 79.9. The van der Waals surface area contributed by atoms with E-state index >= 15 is 0 Å². The van der Waals surface area contributed by atoms with E-state index in [-0.39, 0.29) is 31.2 Å². The van der Waals surface area contributed by atoms with E-state index in [9.17, 15) is 19.2 Å². The van der Waals surface area contributed by atoms with E-state index < -0.39 is 11.8 Å². The molecule has 0 fully saturated rings. The van der Waals surface area contributed by atoms with Crippen molar-refractivity contribution in [2.45, 2.75) is 12.8 Å². The summed E-state index contributed by atoms with van der Waals surface area (Å²) < 4.78 is 0.712. The summed E-state index contributed by atoms with van der Waals surface area (Å²) in [6, 6.07) is 11.2. The average Bonchev–Trinajstić information content (AvgIpc) is 2.90. The van der Waals surface area contributed by atoms with Crippen LogP contribution in [0.2, 0.25) is 5.02 Å². The largest absolute Gasteiger partial charge is 0.274 e. The number of nitrogens with one attached hydrogen (secondary N) is 2. The maximum Gasteiger partial charge on any atom is 0.269 e. The van der Waals surface area contributed by atoms with E-state index in [1.807, 2.05) is 0 Å². The predicted molar refractivity (Wildman–Crippen MR) is 106 cm³/mol. The zero-order valence-electron chi connectivity index (χ0n) is 14.5. The molecule has 1 aliphatic rings. The Bertz CT molecular complexity index is 979. The number of fused-ring (bicyclic) bond motifs is 1. The minimum absolute atomic E-state index is 0.0346. The quantitative estimate of drug-likeness (QED) is 0.525. The van der Waals surface area contributed by atoms with E-state index in [4.69, 9.17) is 11.6 Å². The fourth-order valence-electron chi connectivity index (χ4n) is 2.75. The van der Waals surface area contributed by atoms with Crippen LogP contribution in [0.3, 0.4) is 0 Å². The van der Waals surface area contributed by atoms with Gasteiger partial charge in [0, 0.05) is 28.0 Å². The molecular formula is C19H15BrClN3O4. The first-order valence-corrected chi connectivity index (χ1v) is 9.54. The number of hydrogen-bond donors (Lipinski definition) is 2. The number of hydrogen-bond acceptors (Lipinski definition) is 4. The molecule has 0 aliphatic carbocycles. The fraction of sp³-hybridized carbons (Fsp3) is 0.158. The Morgan fingerprint density at radius 2 is 1.75 bits per heavy atom. The molecule has 0 saturated carbocycles. The van der Waals surface area contributed by atoms with Crippen LogP contribution in [-0.2, 0) is 4.79 Å². The molecule has 0 spiro atoms. The van der Waals surface area contributed by atoms with Crippen molar-refractivity contribution < 1.29 is 19.2 Å². The SMILES string of the molecule is O=C(CCCN1C(=O)c2ccc(Br)cc2C1=O)NNC(=O)c1cccc(Cl)c1. The second kappa shape index (κ2) is 8.53. The zero-order valence-corrected chi connectivity index (χ0v) is 16.8. The predicted octanol–water partition coefficient (Wildman–Crippen LogP) is 2.94. The standard InChI is InChI=1S/C19H15BrClN3O4/c20-12-6-7-14-15(10-12)19(28)24(18(14)27)8-2-5-16(25)22-23-17(26)11-3-1-4-13(21)9-11/h1,3-4,6-7,9-10H,2,5,8H2,(H,22,25)(H,23,26). The molecule has 4 amide bonds. The molecule has 1 aliphatic heterocycles. The smallest absolute Gasteiger partial charge is 0.269 e. The third-order valence-corrected chi connectivity index (χ3v) is 4.85. The minimum Gasteiger partial charge on any atom is -0.274 e. The van der Waals surface area contributed by atoms with Gasteiger partial charge in [-0.25, -0.2) is 0 Å². The first-order chi connectivity index (χ1) is 13.4. The first-order valence-electron chi connectivity index (χ1n) is 8.37. The molecule has 0 unspecified atom stereocenters. The zero-order chi connectivity index (χ0) is 20.3. The van der Waals surface area contributed by atoms with Gasteiger partial charge in [0.05, 0.1) is 11.1 Å². The number of benzene rings is 2. The summed E-state index contributed by atoms with van der Waals surface area (Å²) in [5.41, 5.74) is 5.60. The van der Waals surface area contributed by atoms with Gasteiger partial charge in [0.1, 0.15) is 0 Å². The van der Waals surface area contributed by atoms with Crippen LogP contribution in [0.15, 0.2) is 46.9 Å². The maximum absolute atomic E-state index is 12.4. The van der Waals surface area contributed by atoms with Crippen LogP contribution in [0.25, 0.3) is 0 Å². The molecule has 0 saturated heterocycles. The molecule has 0 radical (unpaired) electrons. The fourth-order valence-corrected chi connectivity index (χ4v) is 3.31. The van der Waals surface area contributed by atoms with Crippen LogP contribution < -0.4 is 10.9 Å². The number of carbonyl (C=O) groups excluding carboxylic acids is 4. The topological polar surface area (TPSA) is 95.6 Å². The molecule has 0 aromatic heterocycles. The highest BCUT2D eigenvalue weighted by molar-refractivity contribution is 9.10. The third kappa shape index (κ3) is 4.40. The van der Waals surface area contributed by atoms with Gasteiger partial charge < -0.3 is 0 Å². The Kier molecular flexibility index (Phi) is 6.11.